The molecule has 1 aromatic heterocycles. The molecule has 0 fully saturated rings. The summed E-state index contributed by atoms with van der Waals surface area (Å²) >= 11 is 5.96. The number of ether oxygens (including phenoxy) is 1. The number of carbonyl (C=O) groups is 2. The van der Waals surface area contributed by atoms with E-state index in [1.807, 2.05) is 0 Å². The van der Waals surface area contributed by atoms with Crippen LogP contribution in [0, 0.1) is 6.08 Å². The van der Waals surface area contributed by atoms with E-state index in [4.69, 9.17) is 16.3 Å². The number of amides is 2. The maximum atomic E-state index is 13.2. The molecule has 0 saturated carbocycles. The maximum absolute atomic E-state index is 13.2. The normalized spacial score (nSPS) is 15.8. The van der Waals surface area contributed by atoms with Crippen molar-refractivity contribution in [3.63, 3.8) is 0 Å². The molecule has 2 aromatic rings. The van der Waals surface area contributed by atoms with Crippen LogP contribution in [0.25, 0.3) is 0 Å². The summed E-state index contributed by atoms with van der Waals surface area (Å²) in [4.78, 5) is 32.3. The topological polar surface area (TPSA) is 96.4 Å². The Morgan fingerprint density at radius 2 is 2.22 bits per heavy atom. The lowest BCUT2D eigenvalue weighted by atomic mass is 10.1. The molecule has 0 radical (unpaired) electrons. The van der Waals surface area contributed by atoms with Crippen LogP contribution >= 0.6 is 11.6 Å². The first-order valence-corrected chi connectivity index (χ1v) is 8.50. The number of carbonyl (C=O) groups excluding carboxylic acids is 2. The first-order chi connectivity index (χ1) is 12.9. The third-order valence-electron chi connectivity index (χ3n) is 4.09. The number of anilines is 3. The van der Waals surface area contributed by atoms with Gasteiger partial charge >= 0.3 is 6.08 Å². The molecule has 2 heterocycles. The van der Waals surface area contributed by atoms with Gasteiger partial charge in [0.2, 0.25) is 5.91 Å². The second-order valence-corrected chi connectivity index (χ2v) is 6.27. The van der Waals surface area contributed by atoms with Crippen LogP contribution in [-0.2, 0) is 9.59 Å². The predicted molar refractivity (Wildman–Crippen MR) is 97.9 cm³/mol. The van der Waals surface area contributed by atoms with Gasteiger partial charge in [-0.25, -0.2) is 4.98 Å². The van der Waals surface area contributed by atoms with Gasteiger partial charge in [-0.1, -0.05) is 11.6 Å². The van der Waals surface area contributed by atoms with Gasteiger partial charge in [-0.2, -0.15) is 9.37 Å². The van der Waals surface area contributed by atoms with Crippen molar-refractivity contribution in [1.29, 1.82) is 0 Å². The lowest BCUT2D eigenvalue weighted by Gasteiger charge is -2.32. The minimum atomic E-state index is -0.907. The van der Waals surface area contributed by atoms with E-state index in [2.05, 4.69) is 20.6 Å². The van der Waals surface area contributed by atoms with Crippen LogP contribution in [0.5, 0.6) is 5.75 Å². The average Bonchev–Trinajstić information content (AvgIpc) is 2.66. The molecule has 1 aliphatic rings. The van der Waals surface area contributed by atoms with Crippen molar-refractivity contribution < 1.29 is 18.7 Å². The zero-order chi connectivity index (χ0) is 19.6. The highest BCUT2D eigenvalue weighted by molar-refractivity contribution is 6.32. The van der Waals surface area contributed by atoms with Crippen molar-refractivity contribution in [2.24, 2.45) is 0 Å². The van der Waals surface area contributed by atoms with Crippen molar-refractivity contribution in [2.75, 3.05) is 24.3 Å². The number of halogens is 2. The number of likely N-dealkylation sites (N-methyl/N-ethyl adjacent to an activating group) is 1. The highest BCUT2D eigenvalue weighted by Gasteiger charge is 2.32. The van der Waals surface area contributed by atoms with Crippen LogP contribution < -0.4 is 20.3 Å². The number of benzene rings is 1. The number of hydrogen-bond acceptors (Lipinski definition) is 6. The summed E-state index contributed by atoms with van der Waals surface area (Å²) in [5.74, 6) is 0.166. The maximum Gasteiger partial charge on any atom is 0.310 e. The lowest BCUT2D eigenvalue weighted by Crippen LogP contribution is -2.44. The van der Waals surface area contributed by atoms with Gasteiger partial charge in [0.25, 0.3) is 5.91 Å². The molecule has 2 amide bonds. The predicted octanol–water partition coefficient (Wildman–Crippen LogP) is 2.26. The molecular weight excluding hydrogens is 377 g/mol. The van der Waals surface area contributed by atoms with Crippen LogP contribution in [0.15, 0.2) is 24.4 Å². The molecule has 0 saturated heterocycles. The molecule has 2 N–H and O–H groups in total. The van der Waals surface area contributed by atoms with Crippen LogP contribution in [0.1, 0.15) is 12.8 Å². The van der Waals surface area contributed by atoms with E-state index in [1.54, 1.807) is 25.2 Å². The summed E-state index contributed by atoms with van der Waals surface area (Å²) in [6.07, 6.45) is -0.0967. The largest absolute Gasteiger partial charge is 0.478 e. The molecular formula is C17H17ClFN5O3. The van der Waals surface area contributed by atoms with Gasteiger partial charge in [-0.3, -0.25) is 9.59 Å². The first kappa shape index (κ1) is 18.8. The van der Waals surface area contributed by atoms with Crippen LogP contribution in [0.4, 0.5) is 21.6 Å². The molecule has 8 nitrogen and oxygen atoms in total. The fourth-order valence-corrected chi connectivity index (χ4v) is 2.78. The average molecular weight is 394 g/mol. The van der Waals surface area contributed by atoms with Gasteiger partial charge in [0.1, 0.15) is 10.8 Å². The third-order valence-corrected chi connectivity index (χ3v) is 4.36. The lowest BCUT2D eigenvalue weighted by molar-refractivity contribution is -0.127. The second kappa shape index (κ2) is 7.75. The van der Waals surface area contributed by atoms with Gasteiger partial charge < -0.3 is 20.3 Å². The van der Waals surface area contributed by atoms with E-state index < -0.39 is 12.2 Å². The molecule has 10 heteroatoms. The Hall–Kier alpha value is -2.94. The van der Waals surface area contributed by atoms with Gasteiger partial charge in [0.05, 0.1) is 11.9 Å². The van der Waals surface area contributed by atoms with E-state index >= 15 is 0 Å². The fourth-order valence-electron chi connectivity index (χ4n) is 2.64. The summed E-state index contributed by atoms with van der Waals surface area (Å²) in [5, 5.41) is 5.56. The Bertz CT molecular complexity index is 895. The molecule has 0 bridgehead atoms. The third kappa shape index (κ3) is 4.08. The van der Waals surface area contributed by atoms with Gasteiger partial charge in [0, 0.05) is 38.7 Å². The summed E-state index contributed by atoms with van der Waals surface area (Å²) in [7, 11) is 3.17. The highest BCUT2D eigenvalue weighted by atomic mass is 35.5. The molecule has 1 aliphatic heterocycles. The fraction of sp³-hybridized carbons (Fsp3) is 0.294. The summed E-state index contributed by atoms with van der Waals surface area (Å²) in [6.45, 7) is 0. The molecule has 1 aromatic carbocycles. The van der Waals surface area contributed by atoms with E-state index in [-0.39, 0.29) is 35.5 Å². The van der Waals surface area contributed by atoms with Crippen molar-refractivity contribution >= 4 is 40.6 Å². The number of aromatic nitrogens is 2. The number of nitrogens with one attached hydrogen (secondary N) is 2. The Kier molecular flexibility index (Phi) is 5.41. The Balaban J connectivity index is 1.82. The highest BCUT2D eigenvalue weighted by Crippen LogP contribution is 2.37. The van der Waals surface area contributed by atoms with Crippen molar-refractivity contribution in [2.45, 2.75) is 18.9 Å². The van der Waals surface area contributed by atoms with Crippen molar-refractivity contribution in [1.82, 2.24) is 15.3 Å². The number of hydrogen-bond donors (Lipinski definition) is 2. The molecule has 27 heavy (non-hydrogen) atoms. The van der Waals surface area contributed by atoms with Crippen molar-refractivity contribution in [3.8, 4) is 5.75 Å². The number of nitrogens with zero attached hydrogens (tertiary/aromatic N) is 3. The van der Waals surface area contributed by atoms with E-state index in [0.717, 1.165) is 6.20 Å². The van der Waals surface area contributed by atoms with E-state index in [1.165, 1.54) is 11.9 Å². The second-order valence-electron chi connectivity index (χ2n) is 5.86. The summed E-state index contributed by atoms with van der Waals surface area (Å²) < 4.78 is 19.0. The quantitative estimate of drug-likeness (QED) is 0.756. The zero-order valence-electron chi connectivity index (χ0n) is 14.6. The molecule has 3 rings (SSSR count). The number of rotatable bonds is 5. The van der Waals surface area contributed by atoms with Gasteiger partial charge in [0.15, 0.2) is 11.9 Å². The van der Waals surface area contributed by atoms with Gasteiger partial charge in [-0.15, -0.1) is 0 Å². The molecule has 1 atom stereocenters. The zero-order valence-corrected chi connectivity index (χ0v) is 15.4. The molecule has 0 spiro atoms. The van der Waals surface area contributed by atoms with Crippen LogP contribution in [0.2, 0.25) is 5.02 Å². The Morgan fingerprint density at radius 3 is 2.96 bits per heavy atom. The van der Waals surface area contributed by atoms with Crippen LogP contribution in [0.3, 0.4) is 0 Å². The van der Waals surface area contributed by atoms with E-state index in [0.29, 0.717) is 17.1 Å². The number of fused-ring (bicyclic) bond motifs is 1. The Morgan fingerprint density at radius 1 is 1.44 bits per heavy atom. The molecule has 0 aliphatic carbocycles. The standard InChI is InChI=1S/C17H17ClFN5O3/c1-20-14(25)6-5-12-16(26)24(2)11-4-3-9(7-13(11)27-12)22-15-10(18)8-21-17(19)23-15/h3-4,7-8,12H,5-6H2,1-2H3,(H,20,25)(H,21,22,23). The minimum Gasteiger partial charge on any atom is -0.478 e. The Labute approximate surface area is 159 Å². The van der Waals surface area contributed by atoms with Crippen molar-refractivity contribution in [3.05, 3.63) is 35.5 Å². The minimum absolute atomic E-state index is 0.112. The first-order valence-electron chi connectivity index (χ1n) is 8.13. The van der Waals surface area contributed by atoms with Crippen LogP contribution in [-0.4, -0.2) is 42.0 Å². The monoisotopic (exact) mass is 393 g/mol. The smallest absolute Gasteiger partial charge is 0.310 e. The SMILES string of the molecule is CNC(=O)CCC1Oc2cc(Nc3nc(F)ncc3Cl)ccc2N(C)C1=O. The van der Waals surface area contributed by atoms with Gasteiger partial charge in [-0.05, 0) is 12.1 Å². The molecule has 1 unspecified atom stereocenters. The van der Waals surface area contributed by atoms with E-state index in [9.17, 15) is 14.0 Å². The summed E-state index contributed by atoms with van der Waals surface area (Å²) in [6, 6.07) is 5.03. The molecule has 142 valence electrons. The summed E-state index contributed by atoms with van der Waals surface area (Å²) in [5.41, 5.74) is 1.13.